The molecule has 0 radical (unpaired) electrons. The van der Waals surface area contributed by atoms with E-state index in [-0.39, 0.29) is 18.8 Å². The minimum absolute atomic E-state index is 0.00565. The first kappa shape index (κ1) is 27.3. The number of nitrogens with zero attached hydrogens (tertiary/aromatic N) is 4. The number of fused-ring (bicyclic) bond motifs is 1. The highest BCUT2D eigenvalue weighted by atomic mass is 35.5. The van der Waals surface area contributed by atoms with Gasteiger partial charge in [-0.15, -0.1) is 0 Å². The van der Waals surface area contributed by atoms with Crippen molar-refractivity contribution in [3.05, 3.63) is 75.4 Å². The first-order valence-corrected chi connectivity index (χ1v) is 15.6. The predicted octanol–water partition coefficient (Wildman–Crippen LogP) is 5.51. The van der Waals surface area contributed by atoms with Crippen molar-refractivity contribution in [1.82, 2.24) is 14.5 Å². The summed E-state index contributed by atoms with van der Waals surface area (Å²) in [4.78, 5) is 17.4. The molecule has 0 spiro atoms. The zero-order valence-corrected chi connectivity index (χ0v) is 24.4. The van der Waals surface area contributed by atoms with Crippen molar-refractivity contribution in [3.8, 4) is 0 Å². The van der Waals surface area contributed by atoms with E-state index >= 15 is 0 Å². The van der Waals surface area contributed by atoms with Gasteiger partial charge < -0.3 is 14.0 Å². The lowest BCUT2D eigenvalue weighted by Crippen LogP contribution is -2.46. The van der Waals surface area contributed by atoms with E-state index in [1.54, 1.807) is 41.1 Å². The first-order chi connectivity index (χ1) is 18.1. The third-order valence-electron chi connectivity index (χ3n) is 6.25. The van der Waals surface area contributed by atoms with Gasteiger partial charge in [0.1, 0.15) is 11.9 Å². The lowest BCUT2D eigenvalue weighted by atomic mass is 10.2. The van der Waals surface area contributed by atoms with Gasteiger partial charge in [-0.3, -0.25) is 0 Å². The Morgan fingerprint density at radius 2 is 1.68 bits per heavy atom. The molecule has 12 heteroatoms. The normalized spacial score (nSPS) is 23.3. The quantitative estimate of drug-likeness (QED) is 0.276. The molecule has 2 aromatic carbocycles. The van der Waals surface area contributed by atoms with E-state index in [0.717, 1.165) is 16.6 Å². The number of carbonyl (C=O) groups is 1. The van der Waals surface area contributed by atoms with Crippen LogP contribution >= 0.6 is 29.6 Å². The molecule has 5 rings (SSSR count). The van der Waals surface area contributed by atoms with Crippen molar-refractivity contribution < 1.29 is 18.8 Å². The van der Waals surface area contributed by atoms with Crippen molar-refractivity contribution in [1.29, 1.82) is 0 Å². The smallest absolute Gasteiger partial charge is 0.338 e. The van der Waals surface area contributed by atoms with E-state index in [1.165, 1.54) is 0 Å². The molecule has 3 atom stereocenters. The summed E-state index contributed by atoms with van der Waals surface area (Å²) in [5, 5.41) is 6.73. The molecule has 2 aliphatic rings. The molecule has 38 heavy (non-hydrogen) atoms. The third-order valence-corrected chi connectivity index (χ3v) is 10.8. The van der Waals surface area contributed by atoms with Crippen LogP contribution in [-0.2, 0) is 32.3 Å². The fourth-order valence-electron chi connectivity index (χ4n) is 4.61. The monoisotopic (exact) mass is 592 g/mol. The van der Waals surface area contributed by atoms with Crippen LogP contribution < -0.4 is 5.30 Å². The zero-order valence-electron chi connectivity index (χ0n) is 21.1. The van der Waals surface area contributed by atoms with Crippen LogP contribution in [0.1, 0.15) is 35.5 Å². The molecule has 0 N–H and O–H groups in total. The average Bonchev–Trinajstić information content (AvgIpc) is 3.20. The number of rotatable bonds is 6. The largest absolute Gasteiger partial charge is 0.460 e. The van der Waals surface area contributed by atoms with Crippen molar-refractivity contribution in [2.45, 2.75) is 39.5 Å². The molecule has 1 aromatic heterocycles. The summed E-state index contributed by atoms with van der Waals surface area (Å²) in [7, 11) is 0. The molecule has 8 nitrogen and oxygen atoms in total. The Morgan fingerprint density at radius 1 is 1.08 bits per heavy atom. The summed E-state index contributed by atoms with van der Waals surface area (Å²) < 4.78 is 22.1. The molecule has 3 heterocycles. The summed E-state index contributed by atoms with van der Waals surface area (Å²) in [6.45, 7) is 7.67. The predicted molar refractivity (Wildman–Crippen MR) is 153 cm³/mol. The number of hydrogen-bond donors (Lipinski definition) is 0. The number of ether oxygens (including phenoxy) is 2. The highest BCUT2D eigenvalue weighted by Gasteiger charge is 2.44. The SMILES string of the molecule is Cc1nn(CCOC(=O)c2ccc(Cl)cc2)c2c1P(=S)(N1CC(C)OC(C)C1)OC(c1ccc(Cl)cc1)=N2. The van der Waals surface area contributed by atoms with Crippen LogP contribution in [-0.4, -0.2) is 58.2 Å². The maximum Gasteiger partial charge on any atom is 0.338 e. The Morgan fingerprint density at radius 3 is 2.32 bits per heavy atom. The summed E-state index contributed by atoms with van der Waals surface area (Å²) in [5.74, 6) is 0.606. The van der Waals surface area contributed by atoms with Gasteiger partial charge in [0, 0.05) is 28.7 Å². The van der Waals surface area contributed by atoms with E-state index in [9.17, 15) is 4.79 Å². The minimum atomic E-state index is -2.79. The van der Waals surface area contributed by atoms with E-state index < -0.39 is 12.4 Å². The maximum atomic E-state index is 12.5. The van der Waals surface area contributed by atoms with Gasteiger partial charge in [-0.2, -0.15) is 10.1 Å². The van der Waals surface area contributed by atoms with Crippen molar-refractivity contribution in [2.24, 2.45) is 4.99 Å². The lowest BCUT2D eigenvalue weighted by molar-refractivity contribution is -0.0446. The Bertz CT molecular complexity index is 1420. The average molecular weight is 593 g/mol. The highest BCUT2D eigenvalue weighted by Crippen LogP contribution is 2.56. The van der Waals surface area contributed by atoms with Gasteiger partial charge in [0.2, 0.25) is 12.3 Å². The second-order valence-electron chi connectivity index (χ2n) is 9.29. The van der Waals surface area contributed by atoms with Crippen LogP contribution in [0.2, 0.25) is 10.0 Å². The number of hydrogen-bond acceptors (Lipinski definition) is 7. The van der Waals surface area contributed by atoms with Crippen LogP contribution in [0.5, 0.6) is 0 Å². The third kappa shape index (κ3) is 5.55. The molecule has 2 aliphatic heterocycles. The highest BCUT2D eigenvalue weighted by molar-refractivity contribution is 8.15. The van der Waals surface area contributed by atoms with Crippen molar-refractivity contribution in [3.63, 3.8) is 0 Å². The number of halogens is 2. The van der Waals surface area contributed by atoms with Crippen LogP contribution in [0.4, 0.5) is 5.82 Å². The molecule has 3 aromatic rings. The number of aryl methyl sites for hydroxylation is 1. The number of aromatic nitrogens is 2. The Hall–Kier alpha value is -2.26. The van der Waals surface area contributed by atoms with Gasteiger partial charge in [0.25, 0.3) is 0 Å². The van der Waals surface area contributed by atoms with Crippen molar-refractivity contribution in [2.75, 3.05) is 19.7 Å². The van der Waals surface area contributed by atoms with E-state index in [2.05, 4.69) is 4.67 Å². The molecular weight excluding hydrogens is 566 g/mol. The summed E-state index contributed by atoms with van der Waals surface area (Å²) in [5.41, 5.74) is 1.94. The van der Waals surface area contributed by atoms with Gasteiger partial charge in [-0.1, -0.05) is 23.2 Å². The fourth-order valence-corrected chi connectivity index (χ4v) is 8.74. The molecule has 1 fully saturated rings. The molecule has 0 bridgehead atoms. The summed E-state index contributed by atoms with van der Waals surface area (Å²) in [6.07, 6.45) is -2.78. The summed E-state index contributed by atoms with van der Waals surface area (Å²) >= 11 is 18.4. The van der Waals surface area contributed by atoms with Crippen LogP contribution in [0.3, 0.4) is 0 Å². The molecule has 0 saturated carbocycles. The van der Waals surface area contributed by atoms with E-state index in [1.807, 2.05) is 32.9 Å². The number of aliphatic imine (C=N–C) groups is 1. The molecular formula is C26H27Cl2N4O4PS. The van der Waals surface area contributed by atoms with E-state index in [0.29, 0.717) is 47.0 Å². The van der Waals surface area contributed by atoms with Crippen LogP contribution in [0.25, 0.3) is 0 Å². The number of carbonyl (C=O) groups excluding carboxylic acids is 1. The topological polar surface area (TPSA) is 78.2 Å². The Balaban J connectivity index is 1.47. The minimum Gasteiger partial charge on any atom is -0.460 e. The van der Waals surface area contributed by atoms with Gasteiger partial charge in [-0.25, -0.2) is 14.1 Å². The lowest BCUT2D eigenvalue weighted by Gasteiger charge is -2.42. The molecule has 200 valence electrons. The maximum absolute atomic E-state index is 12.5. The number of esters is 1. The fraction of sp³-hybridized carbons (Fsp3) is 0.346. The molecule has 0 aliphatic carbocycles. The number of morpholine rings is 1. The first-order valence-electron chi connectivity index (χ1n) is 12.2. The molecule has 1 saturated heterocycles. The molecule has 3 unspecified atom stereocenters. The van der Waals surface area contributed by atoms with Gasteiger partial charge in [0.15, 0.2) is 5.82 Å². The molecule has 0 amide bonds. The van der Waals surface area contributed by atoms with E-state index in [4.69, 9.17) is 59.1 Å². The zero-order chi connectivity index (χ0) is 27.0. The van der Waals surface area contributed by atoms with Crippen LogP contribution in [0.15, 0.2) is 53.5 Å². The second-order valence-corrected chi connectivity index (χ2v) is 13.9. The van der Waals surface area contributed by atoms with Gasteiger partial charge in [0.05, 0.1) is 30.0 Å². The van der Waals surface area contributed by atoms with Gasteiger partial charge >= 0.3 is 5.97 Å². The van der Waals surface area contributed by atoms with Gasteiger partial charge in [-0.05, 0) is 81.1 Å². The Kier molecular flexibility index (Phi) is 7.96. The van der Waals surface area contributed by atoms with Crippen molar-refractivity contribution >= 4 is 64.4 Å². The van der Waals surface area contributed by atoms with Crippen LogP contribution in [0, 0.1) is 6.92 Å². The standard InChI is InChI=1S/C26H27Cl2N4O4PS/c1-16-14-31(15-17(2)35-16)37(38)23-18(3)30-32(12-13-34-26(33)20-6-10-22(28)11-7-20)24(23)29-25(36-37)19-4-8-21(27)9-5-19/h4-11,16-17H,12-15H2,1-3H3. The number of benzene rings is 2. The Labute approximate surface area is 236 Å². The second kappa shape index (κ2) is 11.1. The summed E-state index contributed by atoms with van der Waals surface area (Å²) in [6, 6.07) is 13.9.